The molecule has 7 aliphatic rings. The molecule has 0 aromatic carbocycles. The molecule has 7 rings (SSSR count). The maximum Gasteiger partial charge on any atom is 0.300 e. The zero-order chi connectivity index (χ0) is 25.5. The Bertz CT molecular complexity index is 723. The van der Waals surface area contributed by atoms with E-state index in [9.17, 15) is 0 Å². The van der Waals surface area contributed by atoms with Crippen LogP contribution in [0.15, 0.2) is 0 Å². The van der Waals surface area contributed by atoms with Gasteiger partial charge in [0.15, 0.2) is 6.29 Å². The Morgan fingerprint density at radius 3 is 1.18 bits per heavy atom. The third kappa shape index (κ3) is 5.32. The lowest BCUT2D eigenvalue weighted by molar-refractivity contribution is -0.250. The SMILES string of the molecule is COC1OCC(OB2C3CCCC2CCC3)C(OB2C3CCCC2CCC3)C1OB1C2CCCC1CCC2. The van der Waals surface area contributed by atoms with Crippen molar-refractivity contribution in [3.8, 4) is 0 Å². The van der Waals surface area contributed by atoms with Gasteiger partial charge >= 0.3 is 0 Å². The molecule has 0 radical (unpaired) electrons. The maximum atomic E-state index is 7.37. The van der Waals surface area contributed by atoms with Crippen molar-refractivity contribution in [1.29, 1.82) is 0 Å². The molecule has 8 heteroatoms. The summed E-state index contributed by atoms with van der Waals surface area (Å²) in [6.45, 7) is 1.62. The molecule has 4 unspecified atom stereocenters. The highest BCUT2D eigenvalue weighted by Gasteiger charge is 2.53. The fourth-order valence-electron chi connectivity index (χ4n) is 10.4. The van der Waals surface area contributed by atoms with Crippen LogP contribution in [0.2, 0.25) is 34.9 Å². The largest absolute Gasteiger partial charge is 0.428 e. The minimum absolute atomic E-state index is 0.0521. The summed E-state index contributed by atoms with van der Waals surface area (Å²) in [7, 11) is 1.79. The van der Waals surface area contributed by atoms with E-state index in [4.69, 9.17) is 23.4 Å². The van der Waals surface area contributed by atoms with E-state index in [1.165, 1.54) is 116 Å². The van der Waals surface area contributed by atoms with E-state index in [2.05, 4.69) is 0 Å². The quantitative estimate of drug-likeness (QED) is 0.324. The highest BCUT2D eigenvalue weighted by atomic mass is 16.7. The first kappa shape index (κ1) is 26.9. The van der Waals surface area contributed by atoms with Crippen molar-refractivity contribution >= 4 is 20.7 Å². The Kier molecular flexibility index (Phi) is 8.54. The van der Waals surface area contributed by atoms with Gasteiger partial charge in [-0.25, -0.2) is 0 Å². The van der Waals surface area contributed by atoms with Gasteiger partial charge in [0.25, 0.3) is 20.7 Å². The summed E-state index contributed by atoms with van der Waals surface area (Å²) in [5, 5.41) is 0. The normalized spacial score (nSPS) is 45.2. The molecule has 5 nitrogen and oxygen atoms in total. The lowest BCUT2D eigenvalue weighted by Gasteiger charge is -2.51. The van der Waals surface area contributed by atoms with Gasteiger partial charge in [-0.1, -0.05) is 116 Å². The zero-order valence-electron chi connectivity index (χ0n) is 24.0. The first-order valence-corrected chi connectivity index (χ1v) is 16.9. The summed E-state index contributed by atoms with van der Waals surface area (Å²) in [4.78, 5) is 0. The van der Waals surface area contributed by atoms with Crippen molar-refractivity contribution in [2.45, 2.75) is 175 Å². The molecule has 4 atom stereocenters. The van der Waals surface area contributed by atoms with Gasteiger partial charge in [-0.05, 0) is 34.9 Å². The fourth-order valence-corrected chi connectivity index (χ4v) is 10.4. The molecule has 210 valence electrons. The van der Waals surface area contributed by atoms with E-state index in [0.717, 1.165) is 11.6 Å². The van der Waals surface area contributed by atoms with Crippen LogP contribution < -0.4 is 0 Å². The molecule has 0 spiro atoms. The minimum atomic E-state index is -0.364. The van der Waals surface area contributed by atoms with Gasteiger partial charge in [0.05, 0.1) is 18.8 Å². The van der Waals surface area contributed by atoms with Crippen molar-refractivity contribution in [3.63, 3.8) is 0 Å². The van der Waals surface area contributed by atoms with E-state index >= 15 is 0 Å². The molecular formula is C30H51B3O5. The number of hydrogen-bond acceptors (Lipinski definition) is 5. The first-order valence-electron chi connectivity index (χ1n) is 16.9. The number of hydrogen-bond donors (Lipinski definition) is 0. The maximum absolute atomic E-state index is 7.37. The number of rotatable bonds is 7. The van der Waals surface area contributed by atoms with Crippen LogP contribution in [0.1, 0.15) is 116 Å². The molecular weight excluding hydrogens is 473 g/mol. The smallest absolute Gasteiger partial charge is 0.300 e. The second-order valence-electron chi connectivity index (χ2n) is 14.4. The van der Waals surface area contributed by atoms with Crippen LogP contribution >= 0.6 is 0 Å². The zero-order valence-corrected chi connectivity index (χ0v) is 24.0. The first-order chi connectivity index (χ1) is 18.8. The number of ether oxygens (including phenoxy) is 2. The topological polar surface area (TPSA) is 46.2 Å². The Morgan fingerprint density at radius 1 is 0.474 bits per heavy atom. The second kappa shape index (κ2) is 12.1. The third-order valence-electron chi connectivity index (χ3n) is 12.3. The van der Waals surface area contributed by atoms with E-state index in [1.54, 1.807) is 7.11 Å². The highest BCUT2D eigenvalue weighted by molar-refractivity contribution is 6.57. The van der Waals surface area contributed by atoms with Crippen LogP contribution in [0.25, 0.3) is 0 Å². The lowest BCUT2D eigenvalue weighted by atomic mass is 9.37. The number of fused-ring (bicyclic) bond motifs is 6. The molecule has 0 aromatic rings. The summed E-state index contributed by atoms with van der Waals surface area (Å²) in [5.74, 6) is 4.22. The van der Waals surface area contributed by atoms with Crippen LogP contribution in [-0.2, 0) is 23.4 Å². The summed E-state index contributed by atoms with van der Waals surface area (Å²) >= 11 is 0. The van der Waals surface area contributed by atoms with Crippen LogP contribution in [0.3, 0.4) is 0 Å². The molecule has 7 aliphatic heterocycles. The van der Waals surface area contributed by atoms with Gasteiger partial charge in [-0.3, -0.25) is 0 Å². The van der Waals surface area contributed by atoms with Crippen LogP contribution in [0.4, 0.5) is 0 Å². The van der Waals surface area contributed by atoms with Crippen LogP contribution in [0.5, 0.6) is 0 Å². The average molecular weight is 524 g/mol. The molecule has 6 bridgehead atoms. The van der Waals surface area contributed by atoms with Gasteiger partial charge in [-0.2, -0.15) is 0 Å². The van der Waals surface area contributed by atoms with Crippen LogP contribution in [-0.4, -0.2) is 59.1 Å². The molecule has 0 saturated carbocycles. The molecule has 0 aromatic heterocycles. The Morgan fingerprint density at radius 2 is 0.816 bits per heavy atom. The van der Waals surface area contributed by atoms with E-state index in [0.29, 0.717) is 50.6 Å². The molecule has 7 fully saturated rings. The molecule has 7 saturated heterocycles. The minimum Gasteiger partial charge on any atom is -0.428 e. The summed E-state index contributed by atoms with van der Waals surface area (Å²) in [6.07, 6.45) is 23.4. The van der Waals surface area contributed by atoms with E-state index in [1.807, 2.05) is 0 Å². The van der Waals surface area contributed by atoms with Gasteiger partial charge in [0.2, 0.25) is 0 Å². The van der Waals surface area contributed by atoms with Crippen molar-refractivity contribution in [2.24, 2.45) is 0 Å². The summed E-state index contributed by atoms with van der Waals surface area (Å²) in [6, 6.07) is 0. The summed E-state index contributed by atoms with van der Waals surface area (Å²) in [5.41, 5.74) is 0. The molecule has 7 heterocycles. The second-order valence-corrected chi connectivity index (χ2v) is 14.4. The van der Waals surface area contributed by atoms with Crippen molar-refractivity contribution < 1.29 is 23.4 Å². The standard InChI is InChI=1S/C30H51B3O5/c1-34-30-29(38-33-25-16-6-17-26(33)19-7-18-25)28(37-32-23-12-4-13-24(32)15-5-14-23)27(20-35-30)36-31-21-8-2-9-22(31)11-3-10-21/h21-30H,2-20H2,1H3. The fraction of sp³-hybridized carbons (Fsp3) is 1.00. The highest BCUT2D eigenvalue weighted by Crippen LogP contribution is 2.51. The lowest BCUT2D eigenvalue weighted by Crippen LogP contribution is -2.62. The third-order valence-corrected chi connectivity index (χ3v) is 12.3. The van der Waals surface area contributed by atoms with Gasteiger partial charge in [0, 0.05) is 7.11 Å². The number of methoxy groups -OCH3 is 1. The van der Waals surface area contributed by atoms with Crippen molar-refractivity contribution in [2.75, 3.05) is 13.7 Å². The van der Waals surface area contributed by atoms with Gasteiger partial charge < -0.3 is 23.4 Å². The van der Waals surface area contributed by atoms with Gasteiger partial charge in [0.1, 0.15) is 6.10 Å². The molecule has 38 heavy (non-hydrogen) atoms. The Balaban J connectivity index is 1.16. The molecule has 0 aliphatic carbocycles. The molecule has 0 N–H and O–H groups in total. The van der Waals surface area contributed by atoms with E-state index in [-0.39, 0.29) is 24.6 Å². The summed E-state index contributed by atoms with van der Waals surface area (Å²) < 4.78 is 34.3. The predicted molar refractivity (Wildman–Crippen MR) is 154 cm³/mol. The van der Waals surface area contributed by atoms with Gasteiger partial charge in [-0.15, -0.1) is 0 Å². The monoisotopic (exact) mass is 524 g/mol. The van der Waals surface area contributed by atoms with Crippen molar-refractivity contribution in [1.82, 2.24) is 0 Å². The van der Waals surface area contributed by atoms with Crippen molar-refractivity contribution in [3.05, 3.63) is 0 Å². The Hall–Kier alpha value is -0.00519. The average Bonchev–Trinajstić information content (AvgIpc) is 2.90. The molecule has 0 amide bonds. The van der Waals surface area contributed by atoms with Crippen LogP contribution in [0, 0.1) is 0 Å². The Labute approximate surface area is 232 Å². The predicted octanol–water partition coefficient (Wildman–Crippen LogP) is 7.44. The van der Waals surface area contributed by atoms with E-state index < -0.39 is 0 Å².